The van der Waals surface area contributed by atoms with Gasteiger partial charge >= 0.3 is 0 Å². The summed E-state index contributed by atoms with van der Waals surface area (Å²) in [7, 11) is 0. The molecule has 6 aromatic carbocycles. The van der Waals surface area contributed by atoms with Crippen LogP contribution in [0.5, 0.6) is 0 Å². The number of nitrogen functional groups attached to an aromatic ring is 1. The van der Waals surface area contributed by atoms with Crippen LogP contribution in [0, 0.1) is 0 Å². The average Bonchev–Trinajstić information content (AvgIpc) is 3.67. The van der Waals surface area contributed by atoms with Gasteiger partial charge in [-0.15, -0.1) is 0 Å². The summed E-state index contributed by atoms with van der Waals surface area (Å²) < 4.78 is 4.61. The first-order valence-corrected chi connectivity index (χ1v) is 15.6. The lowest BCUT2D eigenvalue weighted by Gasteiger charge is -2.17. The molecule has 0 saturated carbocycles. The molecule has 8 aromatic rings. The van der Waals surface area contributed by atoms with E-state index in [1.807, 2.05) is 6.08 Å². The number of fused-ring (bicyclic) bond motifs is 4. The molecule has 0 unspecified atom stereocenters. The van der Waals surface area contributed by atoms with Gasteiger partial charge in [-0.2, -0.15) is 0 Å². The summed E-state index contributed by atoms with van der Waals surface area (Å²) in [5.41, 5.74) is 19.2. The van der Waals surface area contributed by atoms with Crippen LogP contribution in [0.2, 0.25) is 0 Å². The molecule has 0 fully saturated rings. The molecule has 0 radical (unpaired) electrons. The lowest BCUT2D eigenvalue weighted by molar-refractivity contribution is 1.13. The number of hydrogen-bond donors (Lipinski definition) is 1. The van der Waals surface area contributed by atoms with Crippen LogP contribution >= 0.6 is 0 Å². The molecule has 220 valence electrons. The van der Waals surface area contributed by atoms with Crippen LogP contribution in [0.25, 0.3) is 60.8 Å². The molecule has 0 amide bonds. The van der Waals surface area contributed by atoms with Gasteiger partial charge in [0.05, 0.1) is 16.6 Å². The summed E-state index contributed by atoms with van der Waals surface area (Å²) in [5.74, 6) is 0. The summed E-state index contributed by atoms with van der Waals surface area (Å²) in [6, 6.07) is 51.5. The van der Waals surface area contributed by atoms with E-state index in [0.717, 1.165) is 56.5 Å². The number of aromatic nitrogens is 2. The Morgan fingerprint density at radius 3 is 2.00 bits per heavy atom. The molecular weight excluding hydrogens is 558 g/mol. The van der Waals surface area contributed by atoms with E-state index in [1.54, 1.807) is 0 Å². The highest BCUT2D eigenvalue weighted by molar-refractivity contribution is 6.12. The van der Waals surface area contributed by atoms with Crippen molar-refractivity contribution >= 4 is 44.0 Å². The van der Waals surface area contributed by atoms with E-state index in [-0.39, 0.29) is 0 Å². The van der Waals surface area contributed by atoms with Gasteiger partial charge in [0.25, 0.3) is 0 Å². The Hall–Kier alpha value is -6.06. The van der Waals surface area contributed by atoms with E-state index in [9.17, 15) is 0 Å². The fourth-order valence-electron chi connectivity index (χ4n) is 6.82. The quantitative estimate of drug-likeness (QED) is 0.145. The number of nitrogens with two attached hydrogens (primary N) is 1. The first-order valence-electron chi connectivity index (χ1n) is 15.6. The van der Waals surface area contributed by atoms with Gasteiger partial charge in [0.15, 0.2) is 0 Å². The van der Waals surface area contributed by atoms with E-state index in [4.69, 9.17) is 5.73 Å². The summed E-state index contributed by atoms with van der Waals surface area (Å²) in [5, 5.41) is 3.52. The lowest BCUT2D eigenvalue weighted by atomic mass is 9.89. The van der Waals surface area contributed by atoms with E-state index in [2.05, 4.69) is 174 Å². The average molecular weight is 592 g/mol. The van der Waals surface area contributed by atoms with Crippen molar-refractivity contribution in [2.45, 2.75) is 6.42 Å². The second-order valence-corrected chi connectivity index (χ2v) is 11.7. The maximum absolute atomic E-state index is 7.05. The Labute approximate surface area is 268 Å². The third kappa shape index (κ3) is 4.70. The van der Waals surface area contributed by atoms with Crippen LogP contribution in [0.1, 0.15) is 11.1 Å². The Morgan fingerprint density at radius 1 is 0.609 bits per heavy atom. The Bertz CT molecular complexity index is 2390. The van der Waals surface area contributed by atoms with Gasteiger partial charge in [-0.05, 0) is 89.3 Å². The van der Waals surface area contributed by atoms with Gasteiger partial charge in [0, 0.05) is 45.0 Å². The largest absolute Gasteiger partial charge is 0.398 e. The molecule has 2 N–H and O–H groups in total. The molecule has 2 aromatic heterocycles. The highest BCUT2D eigenvalue weighted by Gasteiger charge is 2.19. The standard InChI is InChI=1S/C43H33N3/c1-2-14-31(30-15-6-3-7-16-30)25-33-26-32-23-24-45(34-17-8-4-9-18-34)42(32)28-37(33)38-29-43-39(27-40(38)44)36-21-12-13-22-41(36)46(43)35-19-10-5-11-20-35/h2-24,26-29H,1,25,44H2/b31-14+. The van der Waals surface area contributed by atoms with Gasteiger partial charge in [0.2, 0.25) is 0 Å². The maximum atomic E-state index is 7.05. The van der Waals surface area contributed by atoms with E-state index in [1.165, 1.54) is 27.5 Å². The van der Waals surface area contributed by atoms with Crippen molar-refractivity contribution in [3.8, 4) is 22.5 Å². The van der Waals surface area contributed by atoms with Crippen molar-refractivity contribution in [2.24, 2.45) is 0 Å². The zero-order valence-electron chi connectivity index (χ0n) is 25.5. The minimum absolute atomic E-state index is 0.733. The van der Waals surface area contributed by atoms with Gasteiger partial charge in [-0.3, -0.25) is 0 Å². The molecule has 0 bridgehead atoms. The molecule has 0 saturated heterocycles. The van der Waals surface area contributed by atoms with Crippen LogP contribution < -0.4 is 5.73 Å². The smallest absolute Gasteiger partial charge is 0.0548 e. The molecule has 3 nitrogen and oxygen atoms in total. The van der Waals surface area contributed by atoms with Crippen LogP contribution in [-0.4, -0.2) is 9.13 Å². The minimum Gasteiger partial charge on any atom is -0.398 e. The highest BCUT2D eigenvalue weighted by atomic mass is 15.0. The molecule has 0 spiro atoms. The van der Waals surface area contributed by atoms with Gasteiger partial charge < -0.3 is 14.9 Å². The summed E-state index contributed by atoms with van der Waals surface area (Å²) >= 11 is 0. The number of hydrogen-bond acceptors (Lipinski definition) is 1. The number of anilines is 1. The molecule has 0 aliphatic heterocycles. The van der Waals surface area contributed by atoms with Crippen molar-refractivity contribution < 1.29 is 0 Å². The second-order valence-electron chi connectivity index (χ2n) is 11.7. The predicted molar refractivity (Wildman–Crippen MR) is 196 cm³/mol. The Balaban J connectivity index is 1.41. The molecule has 46 heavy (non-hydrogen) atoms. The minimum atomic E-state index is 0.733. The Kier molecular flexibility index (Phi) is 6.85. The van der Waals surface area contributed by atoms with Crippen LogP contribution in [-0.2, 0) is 6.42 Å². The van der Waals surface area contributed by atoms with Crippen molar-refractivity contribution in [3.05, 3.63) is 182 Å². The number of nitrogens with zero attached hydrogens (tertiary/aromatic N) is 2. The zero-order chi connectivity index (χ0) is 31.0. The molecule has 2 heterocycles. The summed E-state index contributed by atoms with van der Waals surface area (Å²) in [6.07, 6.45) is 6.89. The maximum Gasteiger partial charge on any atom is 0.0548 e. The number of benzene rings is 6. The SMILES string of the molecule is C=C/C=C(\Cc1cc2ccn(-c3ccccc3)c2cc1-c1cc2c(cc1N)c1ccccc1n2-c1ccccc1)c1ccccc1. The topological polar surface area (TPSA) is 35.9 Å². The molecular formula is C43H33N3. The normalized spacial score (nSPS) is 11.9. The first kappa shape index (κ1) is 27.5. The van der Waals surface area contributed by atoms with Crippen molar-refractivity contribution in [1.82, 2.24) is 9.13 Å². The van der Waals surface area contributed by atoms with E-state index < -0.39 is 0 Å². The van der Waals surface area contributed by atoms with Gasteiger partial charge in [-0.1, -0.05) is 104 Å². The van der Waals surface area contributed by atoms with E-state index in [0.29, 0.717) is 0 Å². The summed E-state index contributed by atoms with van der Waals surface area (Å²) in [4.78, 5) is 0. The van der Waals surface area contributed by atoms with Gasteiger partial charge in [-0.25, -0.2) is 0 Å². The fraction of sp³-hybridized carbons (Fsp3) is 0.0233. The molecule has 0 atom stereocenters. The monoisotopic (exact) mass is 591 g/mol. The number of para-hydroxylation sites is 3. The predicted octanol–water partition coefficient (Wildman–Crippen LogP) is 10.8. The molecule has 3 heteroatoms. The summed E-state index contributed by atoms with van der Waals surface area (Å²) in [6.45, 7) is 4.04. The van der Waals surface area contributed by atoms with Crippen LogP contribution in [0.15, 0.2) is 171 Å². The third-order valence-corrected chi connectivity index (χ3v) is 8.94. The van der Waals surface area contributed by atoms with Crippen molar-refractivity contribution in [2.75, 3.05) is 5.73 Å². The first-order chi connectivity index (χ1) is 22.7. The number of allylic oxidation sites excluding steroid dienone is 3. The number of rotatable bonds is 7. The van der Waals surface area contributed by atoms with Gasteiger partial charge in [0.1, 0.15) is 0 Å². The molecule has 8 rings (SSSR count). The van der Waals surface area contributed by atoms with E-state index >= 15 is 0 Å². The highest BCUT2D eigenvalue weighted by Crippen LogP contribution is 2.41. The van der Waals surface area contributed by atoms with Crippen molar-refractivity contribution in [1.29, 1.82) is 0 Å². The second kappa shape index (κ2) is 11.5. The molecule has 0 aliphatic rings. The van der Waals surface area contributed by atoms with Crippen LogP contribution in [0.3, 0.4) is 0 Å². The third-order valence-electron chi connectivity index (χ3n) is 8.94. The van der Waals surface area contributed by atoms with Crippen molar-refractivity contribution in [3.63, 3.8) is 0 Å². The van der Waals surface area contributed by atoms with Crippen LogP contribution in [0.4, 0.5) is 5.69 Å². The zero-order valence-corrected chi connectivity index (χ0v) is 25.5. The fourth-order valence-corrected chi connectivity index (χ4v) is 6.82. The molecule has 0 aliphatic carbocycles. The lowest BCUT2D eigenvalue weighted by Crippen LogP contribution is -2.00. The Morgan fingerprint density at radius 2 is 1.26 bits per heavy atom.